The fraction of sp³-hybridized carbons (Fsp3) is 0.0769. The lowest BCUT2D eigenvalue weighted by Gasteiger charge is -2.37. The highest BCUT2D eigenvalue weighted by molar-refractivity contribution is 6.20. The first kappa shape index (κ1) is 62.1. The van der Waals surface area contributed by atoms with Crippen LogP contribution in [-0.2, 0) is 25.7 Å². The molecule has 105 heavy (non-hydrogen) atoms. The zero-order valence-corrected chi connectivity index (χ0v) is 59.5. The van der Waals surface area contributed by atoms with Crippen LogP contribution in [0, 0.1) is 27.7 Å². The number of anilines is 3. The lowest BCUT2D eigenvalue weighted by Crippen LogP contribution is -2.19. The molecule has 20 rings (SSSR count). The molecule has 1 nitrogen and oxygen atoms in total. The molecule has 0 radical (unpaired) electrons. The Morgan fingerprint density at radius 1 is 0.190 bits per heavy atom. The summed E-state index contributed by atoms with van der Waals surface area (Å²) in [6.45, 7) is 9.55. The Morgan fingerprint density at radius 3 is 1.12 bits per heavy atom. The lowest BCUT2D eigenvalue weighted by atomic mass is 9.73. The van der Waals surface area contributed by atoms with Gasteiger partial charge in [-0.2, -0.15) is 0 Å². The fourth-order valence-electron chi connectivity index (χ4n) is 18.7. The van der Waals surface area contributed by atoms with Crippen LogP contribution in [0.2, 0.25) is 0 Å². The van der Waals surface area contributed by atoms with Gasteiger partial charge in [0.2, 0.25) is 0 Å². The molecule has 0 heterocycles. The third kappa shape index (κ3) is 9.90. The molecular formula is C104H75N. The van der Waals surface area contributed by atoms with Crippen LogP contribution in [0.15, 0.2) is 334 Å². The predicted octanol–water partition coefficient (Wildman–Crippen LogP) is 27.7. The van der Waals surface area contributed by atoms with Gasteiger partial charge in [-0.1, -0.05) is 322 Å². The van der Waals surface area contributed by atoms with E-state index in [1.54, 1.807) is 0 Å². The Morgan fingerprint density at radius 2 is 0.571 bits per heavy atom. The minimum absolute atomic E-state index is 0.654. The number of nitrogens with zero attached hydrogens (tertiary/aromatic N) is 1. The SMILES string of the molecule is Cc1cc2c(c(-c3c(-c4ccccc4-c4ccccc4)ccc4c3-c3c(c(N(c5ccccc5-c5ccccc5)c5c(C)c(C)cc6c5Cc5ccccc5-6)c(-c5ccccc5)c(-c5ccccc5)c3-c3c5c(cc(-c6ccccc6)c3-c3ccccc3)-c3ccccc3C5)C4)c1C)Cc1ccccc1-2. The molecule has 16 aromatic rings. The van der Waals surface area contributed by atoms with Crippen molar-refractivity contribution in [1.82, 2.24) is 0 Å². The summed E-state index contributed by atoms with van der Waals surface area (Å²) in [5.74, 6) is 0. The van der Waals surface area contributed by atoms with Crippen LogP contribution in [-0.4, -0.2) is 0 Å². The maximum atomic E-state index is 2.83. The van der Waals surface area contributed by atoms with Gasteiger partial charge in [0, 0.05) is 29.5 Å². The van der Waals surface area contributed by atoms with Gasteiger partial charge in [0.1, 0.15) is 0 Å². The summed E-state index contributed by atoms with van der Waals surface area (Å²) >= 11 is 0. The Bertz CT molecular complexity index is 6200. The first-order chi connectivity index (χ1) is 51.8. The maximum Gasteiger partial charge on any atom is 0.0588 e. The third-order valence-corrected chi connectivity index (χ3v) is 23.6. The molecule has 0 saturated carbocycles. The molecule has 496 valence electrons. The van der Waals surface area contributed by atoms with Crippen molar-refractivity contribution in [2.45, 2.75) is 53.4 Å². The average molecular weight is 1340 g/mol. The number of fused-ring (bicyclic) bond motifs is 12. The van der Waals surface area contributed by atoms with Crippen molar-refractivity contribution in [3.05, 3.63) is 400 Å². The number of benzene rings is 16. The second-order valence-electron chi connectivity index (χ2n) is 29.2. The van der Waals surface area contributed by atoms with E-state index in [1.165, 1.54) is 212 Å². The van der Waals surface area contributed by atoms with Crippen LogP contribution in [0.4, 0.5) is 17.1 Å². The highest BCUT2D eigenvalue weighted by atomic mass is 15.2. The van der Waals surface area contributed by atoms with Gasteiger partial charge >= 0.3 is 0 Å². The molecule has 4 aliphatic rings. The quantitative estimate of drug-likeness (QED) is 0.118. The van der Waals surface area contributed by atoms with E-state index in [0.29, 0.717) is 6.42 Å². The molecule has 0 atom stereocenters. The van der Waals surface area contributed by atoms with Crippen LogP contribution in [0.5, 0.6) is 0 Å². The van der Waals surface area contributed by atoms with E-state index in [2.05, 4.69) is 366 Å². The third-order valence-electron chi connectivity index (χ3n) is 23.6. The minimum atomic E-state index is 0.654. The van der Waals surface area contributed by atoms with Crippen LogP contribution >= 0.6 is 0 Å². The summed E-state index contributed by atoms with van der Waals surface area (Å²) in [4.78, 5) is 2.83. The van der Waals surface area contributed by atoms with Crippen molar-refractivity contribution in [3.63, 3.8) is 0 Å². The highest BCUT2D eigenvalue weighted by Gasteiger charge is 2.43. The summed E-state index contributed by atoms with van der Waals surface area (Å²) in [7, 11) is 0. The number of para-hydroxylation sites is 1. The zero-order valence-electron chi connectivity index (χ0n) is 59.5. The highest BCUT2D eigenvalue weighted by Crippen LogP contribution is 2.66. The average Bonchev–Trinajstić information content (AvgIpc) is 1.60. The molecule has 0 fully saturated rings. The standard InChI is InChI=1S/C104H75N/c1-64-57-86-79-49-26-23-45-74(79)59-89(86)94(66(64)3)99-84(83-53-30-29-48-78(83)68-33-11-5-12-34-68)56-55-77-62-92-101(97(77)99)102(100-90-60-75-46-24-28-51-81(75)88(90)63-85(70-37-15-7-16-38-70)95(100)71-39-17-8-18-40-71)96(72-41-19-9-20-42-72)98(73-43-21-10-22-44-73)104(92)105(93-54-32-31-52-82(93)69-35-13-6-14-36-69)103-67(4)65(2)58-87-80-50-27-25-47-76(80)61-91(87)103/h5-58,63H,59-62H2,1-4H3. The monoisotopic (exact) mass is 1340 g/mol. The number of hydrogen-bond acceptors (Lipinski definition) is 1. The van der Waals surface area contributed by atoms with Gasteiger partial charge < -0.3 is 4.90 Å². The topological polar surface area (TPSA) is 3.24 Å². The van der Waals surface area contributed by atoms with Gasteiger partial charge in [0.05, 0.1) is 17.1 Å². The van der Waals surface area contributed by atoms with E-state index in [1.807, 2.05) is 0 Å². The molecule has 0 amide bonds. The van der Waals surface area contributed by atoms with Gasteiger partial charge in [-0.25, -0.2) is 0 Å². The first-order valence-corrected chi connectivity index (χ1v) is 37.2. The molecule has 0 bridgehead atoms. The van der Waals surface area contributed by atoms with Crippen molar-refractivity contribution in [2.24, 2.45) is 0 Å². The van der Waals surface area contributed by atoms with E-state index in [9.17, 15) is 0 Å². The molecule has 16 aromatic carbocycles. The van der Waals surface area contributed by atoms with Crippen molar-refractivity contribution >= 4 is 17.1 Å². The summed E-state index contributed by atoms with van der Waals surface area (Å²) in [6.07, 6.45) is 3.04. The fourth-order valence-corrected chi connectivity index (χ4v) is 18.7. The molecule has 4 aliphatic carbocycles. The summed E-state index contributed by atoms with van der Waals surface area (Å²) in [5.41, 5.74) is 51.8. The molecule has 0 unspecified atom stereocenters. The van der Waals surface area contributed by atoms with Crippen molar-refractivity contribution in [1.29, 1.82) is 0 Å². The van der Waals surface area contributed by atoms with Crippen molar-refractivity contribution < 1.29 is 0 Å². The van der Waals surface area contributed by atoms with Gasteiger partial charge in [-0.05, 0) is 247 Å². The van der Waals surface area contributed by atoms with E-state index in [-0.39, 0.29) is 0 Å². The van der Waals surface area contributed by atoms with Crippen LogP contribution in [0.25, 0.3) is 145 Å². The van der Waals surface area contributed by atoms with E-state index in [4.69, 9.17) is 0 Å². The van der Waals surface area contributed by atoms with E-state index in [0.717, 1.165) is 36.1 Å². The Hall–Kier alpha value is -12.7. The van der Waals surface area contributed by atoms with Crippen LogP contribution in [0.1, 0.15) is 66.8 Å². The molecule has 1 heteroatoms. The van der Waals surface area contributed by atoms with E-state index < -0.39 is 0 Å². The van der Waals surface area contributed by atoms with E-state index >= 15 is 0 Å². The van der Waals surface area contributed by atoms with Gasteiger partial charge in [0.15, 0.2) is 0 Å². The first-order valence-electron chi connectivity index (χ1n) is 37.2. The second-order valence-corrected chi connectivity index (χ2v) is 29.2. The molecule has 0 N–H and O–H groups in total. The van der Waals surface area contributed by atoms with Gasteiger partial charge in [0.25, 0.3) is 0 Å². The normalized spacial score (nSPS) is 12.4. The Balaban J connectivity index is 1.07. The van der Waals surface area contributed by atoms with Gasteiger partial charge in [-0.15, -0.1) is 0 Å². The van der Waals surface area contributed by atoms with Crippen LogP contribution in [0.3, 0.4) is 0 Å². The number of aryl methyl sites for hydroxylation is 2. The smallest absolute Gasteiger partial charge is 0.0588 e. The second kappa shape index (κ2) is 25.1. The largest absolute Gasteiger partial charge is 0.308 e. The molecule has 0 aliphatic heterocycles. The number of rotatable bonds is 12. The summed E-state index contributed by atoms with van der Waals surface area (Å²) in [5, 5.41) is 0. The lowest BCUT2D eigenvalue weighted by molar-refractivity contribution is 1.14. The molecular weight excluding hydrogens is 1260 g/mol. The summed E-state index contributed by atoms with van der Waals surface area (Å²) in [6, 6.07) is 127. The van der Waals surface area contributed by atoms with Crippen molar-refractivity contribution in [2.75, 3.05) is 4.90 Å². The predicted molar refractivity (Wildman–Crippen MR) is 442 cm³/mol. The Labute approximate surface area is 616 Å². The van der Waals surface area contributed by atoms with Gasteiger partial charge in [-0.3, -0.25) is 0 Å². The zero-order chi connectivity index (χ0) is 70.0. The molecule has 0 saturated heterocycles. The molecule has 0 aromatic heterocycles. The van der Waals surface area contributed by atoms with Crippen molar-refractivity contribution in [3.8, 4) is 145 Å². The summed E-state index contributed by atoms with van der Waals surface area (Å²) < 4.78 is 0. The minimum Gasteiger partial charge on any atom is -0.308 e. The molecule has 0 spiro atoms. The maximum absolute atomic E-state index is 2.83. The Kier molecular flexibility index (Phi) is 14.8. The number of hydrogen-bond donors (Lipinski definition) is 0. The van der Waals surface area contributed by atoms with Crippen LogP contribution < -0.4 is 4.90 Å².